The van der Waals surface area contributed by atoms with Gasteiger partial charge < -0.3 is 9.47 Å². The molecule has 4 nitrogen and oxygen atoms in total. The van der Waals surface area contributed by atoms with Gasteiger partial charge in [-0.3, -0.25) is 9.59 Å². The van der Waals surface area contributed by atoms with E-state index in [1.165, 1.54) is 0 Å². The molecule has 4 heteroatoms. The highest BCUT2D eigenvalue weighted by Gasteiger charge is 2.47. The summed E-state index contributed by atoms with van der Waals surface area (Å²) < 4.78 is 10.5. The van der Waals surface area contributed by atoms with Gasteiger partial charge in [0.25, 0.3) is 0 Å². The summed E-state index contributed by atoms with van der Waals surface area (Å²) in [6, 6.07) is 0. The van der Waals surface area contributed by atoms with Crippen LogP contribution in [-0.4, -0.2) is 24.6 Å². The Morgan fingerprint density at radius 1 is 1.53 bits per heavy atom. The van der Waals surface area contributed by atoms with Gasteiger partial charge in [-0.1, -0.05) is 13.8 Å². The Morgan fingerprint density at radius 2 is 2.29 bits per heavy atom. The molecule has 0 N–H and O–H groups in total. The molecule has 1 aliphatic carbocycles. The summed E-state index contributed by atoms with van der Waals surface area (Å²) in [5.41, 5.74) is 0. The Morgan fingerprint density at radius 3 is 3.00 bits per heavy atom. The van der Waals surface area contributed by atoms with Crippen LogP contribution >= 0.6 is 0 Å². The number of carbonyl (C=O) groups is 2. The fourth-order valence-corrected chi connectivity index (χ4v) is 2.65. The number of fused-ring (bicyclic) bond motifs is 1. The van der Waals surface area contributed by atoms with Gasteiger partial charge in [0, 0.05) is 5.92 Å². The number of hydrogen-bond donors (Lipinski definition) is 0. The fourth-order valence-electron chi connectivity index (χ4n) is 2.65. The molecule has 0 aromatic carbocycles. The van der Waals surface area contributed by atoms with E-state index in [1.807, 2.05) is 13.8 Å². The summed E-state index contributed by atoms with van der Waals surface area (Å²) in [5, 5.41) is 0. The van der Waals surface area contributed by atoms with Gasteiger partial charge in [0.2, 0.25) is 0 Å². The van der Waals surface area contributed by atoms with Crippen molar-refractivity contribution in [3.63, 3.8) is 0 Å². The summed E-state index contributed by atoms with van der Waals surface area (Å²) in [6.07, 6.45) is 3.93. The SMILES string of the molecule is CCC(C)C(=O)OC[C@@H]1C(=O)O[C@@H]2CCC[C@H]12. The molecule has 0 spiro atoms. The number of carbonyl (C=O) groups excluding carboxylic acids is 2. The Hall–Kier alpha value is -1.06. The summed E-state index contributed by atoms with van der Waals surface area (Å²) in [7, 11) is 0. The average Bonchev–Trinajstić information content (AvgIpc) is 2.86. The maximum atomic E-state index is 11.6. The van der Waals surface area contributed by atoms with Crippen LogP contribution in [0.25, 0.3) is 0 Å². The van der Waals surface area contributed by atoms with Crippen molar-refractivity contribution >= 4 is 11.9 Å². The predicted octanol–water partition coefficient (Wildman–Crippen LogP) is 1.92. The second-order valence-electron chi connectivity index (χ2n) is 5.12. The van der Waals surface area contributed by atoms with E-state index in [-0.39, 0.29) is 42.4 Å². The fraction of sp³-hybridized carbons (Fsp3) is 0.846. The molecule has 0 radical (unpaired) electrons. The average molecular weight is 240 g/mol. The van der Waals surface area contributed by atoms with E-state index in [0.29, 0.717) is 0 Å². The number of hydrogen-bond acceptors (Lipinski definition) is 4. The molecule has 1 saturated heterocycles. The molecular formula is C13H20O4. The minimum atomic E-state index is -0.226. The zero-order valence-corrected chi connectivity index (χ0v) is 10.5. The molecule has 0 aromatic heterocycles. The van der Waals surface area contributed by atoms with E-state index in [2.05, 4.69) is 0 Å². The van der Waals surface area contributed by atoms with Crippen molar-refractivity contribution in [2.24, 2.45) is 17.8 Å². The van der Waals surface area contributed by atoms with Gasteiger partial charge in [0.05, 0.1) is 11.8 Å². The van der Waals surface area contributed by atoms with Crippen LogP contribution in [0.3, 0.4) is 0 Å². The topological polar surface area (TPSA) is 52.6 Å². The molecule has 1 unspecified atom stereocenters. The smallest absolute Gasteiger partial charge is 0.313 e. The van der Waals surface area contributed by atoms with Gasteiger partial charge in [-0.25, -0.2) is 0 Å². The van der Waals surface area contributed by atoms with Crippen LogP contribution in [-0.2, 0) is 19.1 Å². The van der Waals surface area contributed by atoms with E-state index in [0.717, 1.165) is 25.7 Å². The first-order valence-electron chi connectivity index (χ1n) is 6.50. The van der Waals surface area contributed by atoms with Crippen LogP contribution in [0.1, 0.15) is 39.5 Å². The molecule has 1 saturated carbocycles. The normalized spacial score (nSPS) is 33.1. The molecule has 0 amide bonds. The Kier molecular flexibility index (Phi) is 3.69. The summed E-state index contributed by atoms with van der Waals surface area (Å²) in [6.45, 7) is 3.99. The number of esters is 2. The lowest BCUT2D eigenvalue weighted by Gasteiger charge is -2.15. The molecule has 96 valence electrons. The van der Waals surface area contributed by atoms with Crippen molar-refractivity contribution < 1.29 is 19.1 Å². The van der Waals surface area contributed by atoms with E-state index in [9.17, 15) is 9.59 Å². The van der Waals surface area contributed by atoms with Crippen molar-refractivity contribution in [2.45, 2.75) is 45.6 Å². The molecule has 2 rings (SSSR count). The number of ether oxygens (including phenoxy) is 2. The maximum Gasteiger partial charge on any atom is 0.313 e. The Balaban J connectivity index is 1.86. The van der Waals surface area contributed by atoms with Gasteiger partial charge in [-0.15, -0.1) is 0 Å². The van der Waals surface area contributed by atoms with E-state index in [4.69, 9.17) is 9.47 Å². The minimum Gasteiger partial charge on any atom is -0.465 e. The maximum absolute atomic E-state index is 11.6. The first kappa shape index (κ1) is 12.4. The highest BCUT2D eigenvalue weighted by molar-refractivity contribution is 5.77. The number of rotatable bonds is 4. The monoisotopic (exact) mass is 240 g/mol. The third-order valence-corrected chi connectivity index (χ3v) is 4.01. The molecule has 0 aromatic rings. The largest absolute Gasteiger partial charge is 0.465 e. The van der Waals surface area contributed by atoms with E-state index >= 15 is 0 Å². The lowest BCUT2D eigenvalue weighted by atomic mass is 9.93. The quantitative estimate of drug-likeness (QED) is 0.704. The molecule has 1 aliphatic heterocycles. The van der Waals surface area contributed by atoms with Crippen molar-refractivity contribution in [2.75, 3.05) is 6.61 Å². The zero-order chi connectivity index (χ0) is 12.4. The molecule has 2 fully saturated rings. The molecule has 4 atom stereocenters. The van der Waals surface area contributed by atoms with Gasteiger partial charge in [-0.2, -0.15) is 0 Å². The summed E-state index contributed by atoms with van der Waals surface area (Å²) in [5.74, 6) is -0.437. The van der Waals surface area contributed by atoms with E-state index < -0.39 is 0 Å². The van der Waals surface area contributed by atoms with Crippen LogP contribution in [0.15, 0.2) is 0 Å². The Labute approximate surface area is 102 Å². The first-order chi connectivity index (χ1) is 8.13. The van der Waals surface area contributed by atoms with Crippen LogP contribution in [0, 0.1) is 17.8 Å². The summed E-state index contributed by atoms with van der Waals surface area (Å²) >= 11 is 0. The molecule has 17 heavy (non-hydrogen) atoms. The second kappa shape index (κ2) is 5.07. The second-order valence-corrected chi connectivity index (χ2v) is 5.12. The van der Waals surface area contributed by atoms with Crippen LogP contribution in [0.4, 0.5) is 0 Å². The van der Waals surface area contributed by atoms with Crippen molar-refractivity contribution in [1.82, 2.24) is 0 Å². The molecular weight excluding hydrogens is 220 g/mol. The molecule has 1 heterocycles. The molecule has 0 bridgehead atoms. The van der Waals surface area contributed by atoms with Gasteiger partial charge in [-0.05, 0) is 25.7 Å². The zero-order valence-electron chi connectivity index (χ0n) is 10.5. The Bertz CT molecular complexity index is 313. The van der Waals surface area contributed by atoms with Crippen molar-refractivity contribution in [3.05, 3.63) is 0 Å². The molecule has 2 aliphatic rings. The van der Waals surface area contributed by atoms with Gasteiger partial charge >= 0.3 is 11.9 Å². The lowest BCUT2D eigenvalue weighted by Crippen LogP contribution is -2.25. The highest BCUT2D eigenvalue weighted by Crippen LogP contribution is 2.40. The minimum absolute atomic E-state index is 0.0785. The highest BCUT2D eigenvalue weighted by atomic mass is 16.6. The predicted molar refractivity (Wildman–Crippen MR) is 61.1 cm³/mol. The first-order valence-corrected chi connectivity index (χ1v) is 6.50. The van der Waals surface area contributed by atoms with Crippen LogP contribution in [0.5, 0.6) is 0 Å². The van der Waals surface area contributed by atoms with Gasteiger partial charge in [0.1, 0.15) is 12.7 Å². The van der Waals surface area contributed by atoms with Crippen molar-refractivity contribution in [1.29, 1.82) is 0 Å². The third-order valence-electron chi connectivity index (χ3n) is 4.01. The van der Waals surface area contributed by atoms with Gasteiger partial charge in [0.15, 0.2) is 0 Å². The standard InChI is InChI=1S/C13H20O4/c1-3-8(2)12(14)16-7-10-9-5-4-6-11(9)17-13(10)15/h8-11H,3-7H2,1-2H3/t8?,9-,10+,11-/m1/s1. The van der Waals surface area contributed by atoms with Crippen LogP contribution in [0.2, 0.25) is 0 Å². The van der Waals surface area contributed by atoms with E-state index in [1.54, 1.807) is 0 Å². The lowest BCUT2D eigenvalue weighted by molar-refractivity contribution is -0.153. The summed E-state index contributed by atoms with van der Waals surface area (Å²) in [4.78, 5) is 23.2. The van der Waals surface area contributed by atoms with Crippen molar-refractivity contribution in [3.8, 4) is 0 Å². The third kappa shape index (κ3) is 2.45. The van der Waals surface area contributed by atoms with Crippen LogP contribution < -0.4 is 0 Å².